The predicted octanol–water partition coefficient (Wildman–Crippen LogP) is 3.49. The summed E-state index contributed by atoms with van der Waals surface area (Å²) in [6.07, 6.45) is 4.12. The van der Waals surface area contributed by atoms with Gasteiger partial charge in [0.05, 0.1) is 12.7 Å². The molecule has 0 saturated heterocycles. The van der Waals surface area contributed by atoms with Crippen LogP contribution in [0.25, 0.3) is 0 Å². The van der Waals surface area contributed by atoms with Crippen molar-refractivity contribution in [1.29, 1.82) is 0 Å². The quantitative estimate of drug-likeness (QED) is 0.653. The molecular formula is C16H25NO2. The molecular weight excluding hydrogens is 238 g/mol. The van der Waals surface area contributed by atoms with Gasteiger partial charge >= 0.3 is 0 Å². The lowest BCUT2D eigenvalue weighted by atomic mass is 9.82. The van der Waals surface area contributed by atoms with Crippen LogP contribution in [-0.2, 0) is 4.74 Å². The number of nitrogen functional groups attached to an aromatic ring is 1. The van der Waals surface area contributed by atoms with E-state index in [-0.39, 0.29) is 0 Å². The Hall–Kier alpha value is -1.22. The maximum atomic E-state index is 5.92. The van der Waals surface area contributed by atoms with E-state index in [0.29, 0.717) is 19.3 Å². The molecule has 1 aliphatic carbocycles. The topological polar surface area (TPSA) is 44.5 Å². The van der Waals surface area contributed by atoms with Gasteiger partial charge in [-0.25, -0.2) is 0 Å². The van der Waals surface area contributed by atoms with Gasteiger partial charge in [0.2, 0.25) is 0 Å². The van der Waals surface area contributed by atoms with Gasteiger partial charge in [0.1, 0.15) is 12.4 Å². The minimum Gasteiger partial charge on any atom is -0.491 e. The van der Waals surface area contributed by atoms with Crippen molar-refractivity contribution in [2.75, 3.05) is 18.9 Å². The molecule has 1 aromatic carbocycles. The van der Waals surface area contributed by atoms with E-state index < -0.39 is 0 Å². The summed E-state index contributed by atoms with van der Waals surface area (Å²) in [5.41, 5.74) is 6.38. The van der Waals surface area contributed by atoms with Gasteiger partial charge in [-0.15, -0.1) is 0 Å². The van der Waals surface area contributed by atoms with Gasteiger partial charge in [-0.2, -0.15) is 0 Å². The third kappa shape index (κ3) is 4.75. The maximum Gasteiger partial charge on any atom is 0.119 e. The second-order valence-electron chi connectivity index (χ2n) is 5.83. The Morgan fingerprint density at radius 1 is 1.00 bits per heavy atom. The number of nitrogens with two attached hydrogens (primary N) is 1. The van der Waals surface area contributed by atoms with Crippen LogP contribution in [0.1, 0.15) is 33.1 Å². The summed E-state index contributed by atoms with van der Waals surface area (Å²) in [4.78, 5) is 0. The molecule has 2 atom stereocenters. The number of hydrogen-bond acceptors (Lipinski definition) is 3. The molecule has 0 bridgehead atoms. The molecule has 0 heterocycles. The molecule has 1 aliphatic rings. The summed E-state index contributed by atoms with van der Waals surface area (Å²) < 4.78 is 11.5. The molecule has 1 saturated carbocycles. The van der Waals surface area contributed by atoms with Crippen LogP contribution in [0.15, 0.2) is 24.3 Å². The van der Waals surface area contributed by atoms with Crippen LogP contribution >= 0.6 is 0 Å². The fourth-order valence-electron chi connectivity index (χ4n) is 2.95. The van der Waals surface area contributed by atoms with Crippen molar-refractivity contribution in [3.05, 3.63) is 24.3 Å². The number of hydrogen-bond donors (Lipinski definition) is 1. The summed E-state index contributed by atoms with van der Waals surface area (Å²) in [5.74, 6) is 2.42. The van der Waals surface area contributed by atoms with Gasteiger partial charge in [-0.05, 0) is 55.4 Å². The number of anilines is 1. The highest BCUT2D eigenvalue weighted by atomic mass is 16.5. The van der Waals surface area contributed by atoms with Crippen molar-refractivity contribution in [2.24, 2.45) is 11.8 Å². The van der Waals surface area contributed by atoms with E-state index in [1.807, 2.05) is 24.3 Å². The SMILES string of the molecule is CC1CC(C)CC(OCCOc2ccc(N)cc2)C1. The van der Waals surface area contributed by atoms with Crippen molar-refractivity contribution in [2.45, 2.75) is 39.2 Å². The van der Waals surface area contributed by atoms with Crippen molar-refractivity contribution in [3.8, 4) is 5.75 Å². The van der Waals surface area contributed by atoms with E-state index in [1.54, 1.807) is 0 Å². The predicted molar refractivity (Wildman–Crippen MR) is 78.3 cm³/mol. The Morgan fingerprint density at radius 2 is 1.63 bits per heavy atom. The molecule has 0 radical (unpaired) electrons. The van der Waals surface area contributed by atoms with E-state index in [1.165, 1.54) is 19.3 Å². The molecule has 2 N–H and O–H groups in total. The number of rotatable bonds is 5. The van der Waals surface area contributed by atoms with Gasteiger partial charge in [-0.3, -0.25) is 0 Å². The average Bonchev–Trinajstić information content (AvgIpc) is 2.36. The largest absolute Gasteiger partial charge is 0.491 e. The zero-order valence-corrected chi connectivity index (χ0v) is 12.0. The third-order valence-corrected chi connectivity index (χ3v) is 3.72. The molecule has 0 amide bonds. The van der Waals surface area contributed by atoms with Gasteiger partial charge in [0.25, 0.3) is 0 Å². The van der Waals surface area contributed by atoms with Gasteiger partial charge in [0.15, 0.2) is 0 Å². The highest BCUT2D eigenvalue weighted by Crippen LogP contribution is 2.30. The summed E-state index contributed by atoms with van der Waals surface area (Å²) >= 11 is 0. The van der Waals surface area contributed by atoms with Gasteiger partial charge in [-0.1, -0.05) is 13.8 Å². The molecule has 106 valence electrons. The smallest absolute Gasteiger partial charge is 0.119 e. The average molecular weight is 263 g/mol. The Labute approximate surface area is 116 Å². The first-order valence-corrected chi connectivity index (χ1v) is 7.23. The van der Waals surface area contributed by atoms with E-state index in [0.717, 1.165) is 23.3 Å². The summed E-state index contributed by atoms with van der Waals surface area (Å²) in [6.45, 7) is 5.89. The van der Waals surface area contributed by atoms with Gasteiger partial charge < -0.3 is 15.2 Å². The fraction of sp³-hybridized carbons (Fsp3) is 0.625. The lowest BCUT2D eigenvalue weighted by molar-refractivity contribution is -0.0107. The van der Waals surface area contributed by atoms with Crippen molar-refractivity contribution < 1.29 is 9.47 Å². The first-order chi connectivity index (χ1) is 9.13. The monoisotopic (exact) mass is 263 g/mol. The molecule has 0 spiro atoms. The molecule has 0 aliphatic heterocycles. The Bertz CT molecular complexity index is 367. The summed E-state index contributed by atoms with van der Waals surface area (Å²) in [7, 11) is 0. The Morgan fingerprint density at radius 3 is 2.26 bits per heavy atom. The molecule has 2 rings (SSSR count). The minimum absolute atomic E-state index is 0.411. The molecule has 19 heavy (non-hydrogen) atoms. The van der Waals surface area contributed by atoms with Gasteiger partial charge in [0, 0.05) is 5.69 Å². The second kappa shape index (κ2) is 6.80. The normalized spacial score (nSPS) is 27.2. The highest BCUT2D eigenvalue weighted by molar-refractivity contribution is 5.41. The molecule has 3 nitrogen and oxygen atoms in total. The van der Waals surface area contributed by atoms with Crippen LogP contribution < -0.4 is 10.5 Å². The van der Waals surface area contributed by atoms with E-state index >= 15 is 0 Å². The van der Waals surface area contributed by atoms with E-state index in [2.05, 4.69) is 13.8 Å². The number of benzene rings is 1. The van der Waals surface area contributed by atoms with Crippen LogP contribution in [0.5, 0.6) is 5.75 Å². The Balaban J connectivity index is 1.65. The van der Waals surface area contributed by atoms with E-state index in [9.17, 15) is 0 Å². The van der Waals surface area contributed by atoms with Crippen molar-refractivity contribution in [1.82, 2.24) is 0 Å². The fourth-order valence-corrected chi connectivity index (χ4v) is 2.95. The molecule has 1 fully saturated rings. The third-order valence-electron chi connectivity index (χ3n) is 3.72. The summed E-state index contributed by atoms with van der Waals surface area (Å²) in [6, 6.07) is 7.47. The molecule has 1 aromatic rings. The first kappa shape index (κ1) is 14.2. The lowest BCUT2D eigenvalue weighted by Gasteiger charge is -2.31. The van der Waals surface area contributed by atoms with Crippen LogP contribution in [0.4, 0.5) is 5.69 Å². The van der Waals surface area contributed by atoms with Crippen molar-refractivity contribution in [3.63, 3.8) is 0 Å². The van der Waals surface area contributed by atoms with Crippen molar-refractivity contribution >= 4 is 5.69 Å². The molecule has 3 heteroatoms. The second-order valence-corrected chi connectivity index (χ2v) is 5.83. The Kier molecular flexibility index (Phi) is 5.08. The minimum atomic E-state index is 0.411. The van der Waals surface area contributed by atoms with Crippen LogP contribution in [0.2, 0.25) is 0 Å². The molecule has 2 unspecified atom stereocenters. The number of ether oxygens (including phenoxy) is 2. The lowest BCUT2D eigenvalue weighted by Crippen LogP contribution is -2.27. The van der Waals surface area contributed by atoms with Crippen LogP contribution in [-0.4, -0.2) is 19.3 Å². The first-order valence-electron chi connectivity index (χ1n) is 7.23. The zero-order chi connectivity index (χ0) is 13.7. The zero-order valence-electron chi connectivity index (χ0n) is 12.0. The van der Waals surface area contributed by atoms with Crippen LogP contribution in [0, 0.1) is 11.8 Å². The van der Waals surface area contributed by atoms with E-state index in [4.69, 9.17) is 15.2 Å². The highest BCUT2D eigenvalue weighted by Gasteiger charge is 2.24. The van der Waals surface area contributed by atoms with Crippen LogP contribution in [0.3, 0.4) is 0 Å². The maximum absolute atomic E-state index is 5.92. The standard InChI is InChI=1S/C16H25NO2/c1-12-9-13(2)11-16(10-12)19-8-7-18-15-5-3-14(17)4-6-15/h3-6,12-13,16H,7-11,17H2,1-2H3. The summed E-state index contributed by atoms with van der Waals surface area (Å²) in [5, 5.41) is 0. The molecule has 0 aromatic heterocycles.